The van der Waals surface area contributed by atoms with Gasteiger partial charge in [-0.2, -0.15) is 0 Å². The highest BCUT2D eigenvalue weighted by Crippen LogP contribution is 2.44. The number of carbonyl (C=O) groups excluding carboxylic acids is 8. The lowest BCUT2D eigenvalue weighted by Gasteiger charge is -2.46. The van der Waals surface area contributed by atoms with E-state index in [0.717, 1.165) is 0 Å². The zero-order valence-electron chi connectivity index (χ0n) is 34.9. The molecule has 0 aromatic heterocycles. The molecule has 0 aliphatic carbocycles. The van der Waals surface area contributed by atoms with Gasteiger partial charge in [0.25, 0.3) is 0 Å². The molecule has 20 heteroatoms. The highest BCUT2D eigenvalue weighted by molar-refractivity contribution is 7.80. The van der Waals surface area contributed by atoms with Crippen LogP contribution < -0.4 is 0 Å². The van der Waals surface area contributed by atoms with Crippen LogP contribution in [0.15, 0.2) is 24.3 Å². The van der Waals surface area contributed by atoms with Crippen LogP contribution >= 0.6 is 48.9 Å². The van der Waals surface area contributed by atoms with Crippen LogP contribution in [0.2, 0.25) is 0 Å². The Kier molecular flexibility index (Phi) is 14.3. The Hall–Kier alpha value is -4.66. The van der Waals surface area contributed by atoms with Crippen LogP contribution in [-0.4, -0.2) is 159 Å². The first kappa shape index (κ1) is 46.4. The largest absolute Gasteiger partial charge is 0.288 e. The number of thiocarbonyl (C=S) groups is 4. The molecule has 0 unspecified atom stereocenters. The number of rotatable bonds is 14. The summed E-state index contributed by atoms with van der Waals surface area (Å²) < 4.78 is 0. The predicted molar refractivity (Wildman–Crippen MR) is 235 cm³/mol. The molecule has 5 rings (SSSR count). The lowest BCUT2D eigenvalue weighted by Crippen LogP contribution is -2.65. The van der Waals surface area contributed by atoms with E-state index in [4.69, 9.17) is 48.9 Å². The van der Waals surface area contributed by atoms with E-state index in [2.05, 4.69) is 0 Å². The summed E-state index contributed by atoms with van der Waals surface area (Å²) in [6.45, 7) is 14.4. The fourth-order valence-corrected chi connectivity index (χ4v) is 10.5. The average Bonchev–Trinajstić information content (AvgIpc) is 3.21. The van der Waals surface area contributed by atoms with Crippen molar-refractivity contribution in [2.45, 2.75) is 67.2 Å². The molecule has 0 atom stereocenters. The molecule has 4 aliphatic heterocycles. The Bertz CT molecular complexity index is 1700. The maximum atomic E-state index is 14.4. The molecule has 4 saturated heterocycles. The molecule has 0 bridgehead atoms. The lowest BCUT2D eigenvalue weighted by molar-refractivity contribution is -0.157. The van der Waals surface area contributed by atoms with Crippen molar-refractivity contribution in [1.29, 1.82) is 0 Å². The van der Waals surface area contributed by atoms with E-state index < -0.39 is 82.8 Å². The van der Waals surface area contributed by atoms with Gasteiger partial charge >= 0.3 is 0 Å². The average molecular weight is 899 g/mol. The summed E-state index contributed by atoms with van der Waals surface area (Å²) in [6, 6.07) is 6.01. The first-order valence-corrected chi connectivity index (χ1v) is 21.9. The number of hydrogen-bond donors (Lipinski definition) is 0. The van der Waals surface area contributed by atoms with E-state index in [9.17, 15) is 38.4 Å². The summed E-state index contributed by atoms with van der Waals surface area (Å²) in [5.74, 6) is -14.6. The molecular weight excluding hydrogens is 849 g/mol. The minimum Gasteiger partial charge on any atom is -0.288 e. The second kappa shape index (κ2) is 18.5. The van der Waals surface area contributed by atoms with Crippen LogP contribution in [0, 0.1) is 23.7 Å². The monoisotopic (exact) mass is 898 g/mol. The number of hydrogen-bond acceptors (Lipinski definition) is 12. The van der Waals surface area contributed by atoms with Crippen LogP contribution in [0.1, 0.15) is 78.4 Å². The van der Waals surface area contributed by atoms with Gasteiger partial charge in [-0.3, -0.25) is 77.6 Å². The van der Waals surface area contributed by atoms with Crippen molar-refractivity contribution in [2.75, 3.05) is 52.4 Å². The third-order valence-electron chi connectivity index (χ3n) is 11.8. The highest BCUT2D eigenvalue weighted by atomic mass is 32.1. The highest BCUT2D eigenvalue weighted by Gasteiger charge is 2.58. The Morgan fingerprint density at radius 1 is 0.333 bits per heavy atom. The molecule has 0 saturated carbocycles. The fraction of sp³-hybridized carbons (Fsp3) is 0.550. The quantitative estimate of drug-likeness (QED) is 0.198. The molecule has 322 valence electrons. The third kappa shape index (κ3) is 7.31. The van der Waals surface area contributed by atoms with Crippen LogP contribution in [0.5, 0.6) is 0 Å². The number of carbonyl (C=O) groups is 8. The summed E-state index contributed by atoms with van der Waals surface area (Å²) in [4.78, 5) is 126. The molecule has 4 heterocycles. The summed E-state index contributed by atoms with van der Waals surface area (Å²) in [7, 11) is 0. The zero-order valence-corrected chi connectivity index (χ0v) is 38.2. The van der Waals surface area contributed by atoms with Crippen molar-refractivity contribution >= 4 is 117 Å². The Morgan fingerprint density at radius 2 is 0.467 bits per heavy atom. The Morgan fingerprint density at radius 3 is 0.583 bits per heavy atom. The molecule has 1 aromatic carbocycles. The van der Waals surface area contributed by atoms with Crippen molar-refractivity contribution < 1.29 is 38.4 Å². The van der Waals surface area contributed by atoms with Gasteiger partial charge in [0.1, 0.15) is 23.7 Å². The molecule has 60 heavy (non-hydrogen) atoms. The second-order valence-corrected chi connectivity index (χ2v) is 15.9. The molecule has 0 N–H and O–H groups in total. The maximum Gasteiger partial charge on any atom is 0.242 e. The van der Waals surface area contributed by atoms with Gasteiger partial charge in [-0.05, 0) is 115 Å². The second-order valence-electron chi connectivity index (χ2n) is 14.4. The summed E-state index contributed by atoms with van der Waals surface area (Å²) in [5, 5.41) is 0.0116. The Balaban J connectivity index is 1.78. The van der Waals surface area contributed by atoms with Crippen molar-refractivity contribution in [2.24, 2.45) is 23.7 Å². The van der Waals surface area contributed by atoms with Crippen LogP contribution in [0.25, 0.3) is 0 Å². The van der Waals surface area contributed by atoms with E-state index in [1.165, 1.54) is 63.5 Å². The SMILES string of the molecule is CCN1C(=O)C(C(c2ccc(C(C3C(=O)N(CC)C(=S)N(CC)C3=O)C3C(=O)N(CC)C(=S)N(CC)C3=O)cc2)C2C(=O)N(CC)C(=S)N(CC)C2=O)C(=O)N(CC)C1=S. The van der Waals surface area contributed by atoms with Crippen LogP contribution in [-0.2, 0) is 38.4 Å². The molecule has 4 fully saturated rings. The first-order chi connectivity index (χ1) is 28.5. The molecular formula is C40H50N8O8S4. The van der Waals surface area contributed by atoms with Gasteiger partial charge in [-0.15, -0.1) is 0 Å². The smallest absolute Gasteiger partial charge is 0.242 e. The molecule has 8 amide bonds. The molecule has 16 nitrogen and oxygen atoms in total. The van der Waals surface area contributed by atoms with Crippen molar-refractivity contribution in [3.63, 3.8) is 0 Å². The van der Waals surface area contributed by atoms with Gasteiger partial charge in [0.15, 0.2) is 20.4 Å². The van der Waals surface area contributed by atoms with Crippen molar-refractivity contribution in [1.82, 2.24) is 39.2 Å². The van der Waals surface area contributed by atoms with Crippen molar-refractivity contribution in [3.8, 4) is 0 Å². The third-order valence-corrected chi connectivity index (χ3v) is 13.5. The number of nitrogens with zero attached hydrogens (tertiary/aromatic N) is 8. The van der Waals surface area contributed by atoms with E-state index in [1.807, 2.05) is 0 Å². The van der Waals surface area contributed by atoms with E-state index in [0.29, 0.717) is 0 Å². The molecule has 0 radical (unpaired) electrons. The van der Waals surface area contributed by atoms with Gasteiger partial charge in [0, 0.05) is 64.2 Å². The summed E-state index contributed by atoms with van der Waals surface area (Å²) in [6.07, 6.45) is 0. The normalized spacial score (nSPS) is 20.0. The minimum atomic E-state index is -1.59. The topological polar surface area (TPSA) is 162 Å². The van der Waals surface area contributed by atoms with Gasteiger partial charge in [-0.25, -0.2) is 0 Å². The van der Waals surface area contributed by atoms with Gasteiger partial charge in [0.2, 0.25) is 47.3 Å². The minimum absolute atomic E-state index is 0.00289. The summed E-state index contributed by atoms with van der Waals surface area (Å²) in [5.41, 5.74) is 0.438. The molecule has 1 aromatic rings. The fourth-order valence-electron chi connectivity index (χ4n) is 8.76. The van der Waals surface area contributed by atoms with Gasteiger partial charge < -0.3 is 0 Å². The van der Waals surface area contributed by atoms with Gasteiger partial charge in [-0.1, -0.05) is 24.3 Å². The molecule has 0 spiro atoms. The first-order valence-electron chi connectivity index (χ1n) is 20.3. The van der Waals surface area contributed by atoms with E-state index in [1.54, 1.807) is 55.4 Å². The van der Waals surface area contributed by atoms with Crippen LogP contribution in [0.3, 0.4) is 0 Å². The Labute approximate surface area is 371 Å². The number of benzene rings is 1. The molecule has 4 aliphatic rings. The maximum absolute atomic E-state index is 14.4. The lowest BCUT2D eigenvalue weighted by atomic mass is 9.70. The predicted octanol–water partition coefficient (Wildman–Crippen LogP) is 2.30. The summed E-state index contributed by atoms with van der Waals surface area (Å²) >= 11 is 22.2. The van der Waals surface area contributed by atoms with E-state index in [-0.39, 0.29) is 83.9 Å². The zero-order chi connectivity index (χ0) is 44.7. The standard InChI is InChI=1S/C40H50N8O8S4/c1-9-41-29(49)25(30(50)42(10-2)37(41)57)23(26-31(51)43(11-3)38(58)44(12-4)32(26)52)21-17-19-22(20-18-21)24(27-33(53)45(13-5)39(59)46(14-6)34(27)54)28-35(55)47(15-7)40(60)48(16-8)36(28)56/h17-20,23-28H,9-16H2,1-8H3. The number of amides is 8. The van der Waals surface area contributed by atoms with E-state index >= 15 is 0 Å². The van der Waals surface area contributed by atoms with Gasteiger partial charge in [0.05, 0.1) is 0 Å². The van der Waals surface area contributed by atoms with Crippen molar-refractivity contribution in [3.05, 3.63) is 35.4 Å². The van der Waals surface area contributed by atoms with Crippen LogP contribution in [0.4, 0.5) is 0 Å².